The zero-order valence-corrected chi connectivity index (χ0v) is 8.95. The number of fused-ring (bicyclic) bond motifs is 2. The lowest BCUT2D eigenvalue weighted by Crippen LogP contribution is -2.53. The molecule has 0 aliphatic carbocycles. The molecule has 2 rings (SSSR count). The summed E-state index contributed by atoms with van der Waals surface area (Å²) in [6.07, 6.45) is 4.54. The van der Waals surface area contributed by atoms with Crippen molar-refractivity contribution in [3.63, 3.8) is 0 Å². The van der Waals surface area contributed by atoms with Gasteiger partial charge >= 0.3 is 0 Å². The van der Waals surface area contributed by atoms with Gasteiger partial charge in [-0.3, -0.25) is 4.90 Å². The molecule has 2 aliphatic rings. The molecule has 0 aromatic carbocycles. The summed E-state index contributed by atoms with van der Waals surface area (Å²) in [6, 6.07) is 1.29. The number of nitrogens with zero attached hydrogens (tertiary/aromatic N) is 1. The Morgan fingerprint density at radius 3 is 1.92 bits per heavy atom. The zero-order valence-electron chi connectivity index (χ0n) is 8.95. The lowest BCUT2D eigenvalue weighted by molar-refractivity contribution is -0.0138. The highest BCUT2D eigenvalue weighted by molar-refractivity contribution is 4.99. The number of rotatable bonds is 0. The fraction of sp³-hybridized carbons (Fsp3) is 1.00. The topological polar surface area (TPSA) is 23.5 Å². The van der Waals surface area contributed by atoms with Crippen molar-refractivity contribution in [3.05, 3.63) is 0 Å². The van der Waals surface area contributed by atoms with E-state index in [0.29, 0.717) is 12.1 Å². The summed E-state index contributed by atoms with van der Waals surface area (Å²) < 4.78 is 0. The maximum absolute atomic E-state index is 9.65. The second-order valence-electron chi connectivity index (χ2n) is 5.59. The van der Waals surface area contributed by atoms with Crippen LogP contribution in [0.3, 0.4) is 0 Å². The van der Waals surface area contributed by atoms with Crippen LogP contribution in [-0.4, -0.2) is 33.7 Å². The smallest absolute Gasteiger partial charge is 0.0570 e. The summed E-state index contributed by atoms with van der Waals surface area (Å²) in [4.78, 5) is 2.62. The monoisotopic (exact) mass is 183 g/mol. The first-order valence-corrected chi connectivity index (χ1v) is 5.45. The molecule has 76 valence electrons. The van der Waals surface area contributed by atoms with Gasteiger partial charge in [0.05, 0.1) is 6.10 Å². The molecule has 2 heterocycles. The normalized spacial score (nSPS) is 41.1. The number of aliphatic hydroxyl groups is 1. The molecular weight excluding hydrogens is 162 g/mol. The molecular formula is C11H21NO. The average molecular weight is 183 g/mol. The minimum atomic E-state index is -0.0314. The van der Waals surface area contributed by atoms with E-state index >= 15 is 0 Å². The molecule has 2 aliphatic heterocycles. The van der Waals surface area contributed by atoms with Crippen molar-refractivity contribution in [1.82, 2.24) is 4.90 Å². The Morgan fingerprint density at radius 2 is 1.54 bits per heavy atom. The largest absolute Gasteiger partial charge is 0.393 e. The molecule has 0 aromatic rings. The van der Waals surface area contributed by atoms with Gasteiger partial charge in [-0.2, -0.15) is 0 Å². The molecule has 0 amide bonds. The Labute approximate surface area is 80.9 Å². The van der Waals surface area contributed by atoms with Crippen molar-refractivity contribution in [3.8, 4) is 0 Å². The van der Waals surface area contributed by atoms with Crippen LogP contribution in [0.5, 0.6) is 0 Å². The van der Waals surface area contributed by atoms with Crippen LogP contribution in [0.1, 0.15) is 46.5 Å². The van der Waals surface area contributed by atoms with Crippen LogP contribution in [-0.2, 0) is 0 Å². The molecule has 1 unspecified atom stereocenters. The molecule has 0 radical (unpaired) electrons. The van der Waals surface area contributed by atoms with Crippen molar-refractivity contribution in [2.45, 2.75) is 70.2 Å². The Hall–Kier alpha value is -0.0800. The lowest BCUT2D eigenvalue weighted by Gasteiger charge is -2.45. The second-order valence-corrected chi connectivity index (χ2v) is 5.59. The standard InChI is InChI=1S/C11H21NO/c1-11(2,3)12-8-4-5-9(12)7-10(13)6-8/h8-10,13H,4-7H2,1-3H3/t8-,9+,10?. The average Bonchev–Trinajstić information content (AvgIpc) is 2.23. The fourth-order valence-corrected chi connectivity index (χ4v) is 3.24. The van der Waals surface area contributed by atoms with Gasteiger partial charge in [0, 0.05) is 17.6 Å². The van der Waals surface area contributed by atoms with Gasteiger partial charge in [-0.25, -0.2) is 0 Å². The third-order valence-electron chi connectivity index (χ3n) is 3.48. The summed E-state index contributed by atoms with van der Waals surface area (Å²) >= 11 is 0. The highest BCUT2D eigenvalue weighted by atomic mass is 16.3. The van der Waals surface area contributed by atoms with Gasteiger partial charge in [0.2, 0.25) is 0 Å². The van der Waals surface area contributed by atoms with Crippen LogP contribution in [0.4, 0.5) is 0 Å². The fourth-order valence-electron chi connectivity index (χ4n) is 3.24. The summed E-state index contributed by atoms with van der Waals surface area (Å²) in [5.41, 5.74) is 0.284. The third kappa shape index (κ3) is 1.62. The zero-order chi connectivity index (χ0) is 9.64. The van der Waals surface area contributed by atoms with Crippen LogP contribution in [0, 0.1) is 0 Å². The van der Waals surface area contributed by atoms with Crippen LogP contribution in [0.2, 0.25) is 0 Å². The molecule has 2 heteroatoms. The molecule has 13 heavy (non-hydrogen) atoms. The van der Waals surface area contributed by atoms with Crippen molar-refractivity contribution in [1.29, 1.82) is 0 Å². The SMILES string of the molecule is CC(C)(C)N1[C@@H]2CC[C@H]1CC(O)C2. The van der Waals surface area contributed by atoms with Gasteiger partial charge in [-0.15, -0.1) is 0 Å². The minimum Gasteiger partial charge on any atom is -0.393 e. The minimum absolute atomic E-state index is 0.0314. The number of aliphatic hydroxyl groups excluding tert-OH is 1. The van der Waals surface area contributed by atoms with Gasteiger partial charge in [0.15, 0.2) is 0 Å². The maximum atomic E-state index is 9.65. The van der Waals surface area contributed by atoms with Gasteiger partial charge in [-0.05, 0) is 46.5 Å². The summed E-state index contributed by atoms with van der Waals surface area (Å²) in [7, 11) is 0. The first-order valence-electron chi connectivity index (χ1n) is 5.45. The van der Waals surface area contributed by atoms with Gasteiger partial charge in [0.25, 0.3) is 0 Å². The van der Waals surface area contributed by atoms with Crippen LogP contribution in [0.15, 0.2) is 0 Å². The Morgan fingerprint density at radius 1 is 1.08 bits per heavy atom. The summed E-state index contributed by atoms with van der Waals surface area (Å²) in [6.45, 7) is 6.86. The molecule has 2 bridgehead atoms. The Balaban J connectivity index is 2.15. The molecule has 0 saturated carbocycles. The predicted octanol–water partition coefficient (Wildman–Crippen LogP) is 1.77. The van der Waals surface area contributed by atoms with Crippen LogP contribution >= 0.6 is 0 Å². The van der Waals surface area contributed by atoms with E-state index in [1.54, 1.807) is 0 Å². The highest BCUT2D eigenvalue weighted by Crippen LogP contribution is 2.40. The van der Waals surface area contributed by atoms with E-state index in [2.05, 4.69) is 25.7 Å². The molecule has 2 fully saturated rings. The number of hydrogen-bond donors (Lipinski definition) is 1. The van der Waals surface area contributed by atoms with Crippen molar-refractivity contribution in [2.75, 3.05) is 0 Å². The quantitative estimate of drug-likeness (QED) is 0.618. The highest BCUT2D eigenvalue weighted by Gasteiger charge is 2.44. The van der Waals surface area contributed by atoms with Gasteiger partial charge < -0.3 is 5.11 Å². The van der Waals surface area contributed by atoms with E-state index in [1.807, 2.05) is 0 Å². The van der Waals surface area contributed by atoms with E-state index in [-0.39, 0.29) is 11.6 Å². The van der Waals surface area contributed by atoms with Gasteiger partial charge in [-0.1, -0.05) is 0 Å². The lowest BCUT2D eigenvalue weighted by atomic mass is 9.93. The Bertz CT molecular complexity index is 183. The van der Waals surface area contributed by atoms with E-state index < -0.39 is 0 Å². The predicted molar refractivity (Wildman–Crippen MR) is 53.6 cm³/mol. The summed E-state index contributed by atoms with van der Waals surface area (Å²) in [5.74, 6) is 0. The van der Waals surface area contributed by atoms with Crippen molar-refractivity contribution >= 4 is 0 Å². The first-order chi connectivity index (χ1) is 5.98. The molecule has 2 nitrogen and oxygen atoms in total. The van der Waals surface area contributed by atoms with E-state index in [9.17, 15) is 5.11 Å². The maximum Gasteiger partial charge on any atom is 0.0570 e. The van der Waals surface area contributed by atoms with Crippen molar-refractivity contribution < 1.29 is 5.11 Å². The molecule has 1 N–H and O–H groups in total. The van der Waals surface area contributed by atoms with E-state index in [4.69, 9.17) is 0 Å². The molecule has 0 aromatic heterocycles. The number of hydrogen-bond acceptors (Lipinski definition) is 2. The van der Waals surface area contributed by atoms with Crippen molar-refractivity contribution in [2.24, 2.45) is 0 Å². The molecule has 3 atom stereocenters. The van der Waals surface area contributed by atoms with Crippen LogP contribution < -0.4 is 0 Å². The van der Waals surface area contributed by atoms with E-state index in [1.165, 1.54) is 12.8 Å². The van der Waals surface area contributed by atoms with Crippen LogP contribution in [0.25, 0.3) is 0 Å². The first kappa shape index (κ1) is 9.47. The summed E-state index contributed by atoms with van der Waals surface area (Å²) in [5, 5.41) is 9.65. The number of piperidine rings is 1. The molecule has 0 spiro atoms. The third-order valence-corrected chi connectivity index (χ3v) is 3.48. The Kier molecular flexibility index (Phi) is 2.16. The molecule has 2 saturated heterocycles. The van der Waals surface area contributed by atoms with E-state index in [0.717, 1.165) is 12.8 Å². The second kappa shape index (κ2) is 2.96. The van der Waals surface area contributed by atoms with Gasteiger partial charge in [0.1, 0.15) is 0 Å².